The van der Waals surface area contributed by atoms with Gasteiger partial charge in [0.05, 0.1) is 10.7 Å². The molecule has 2 N–H and O–H groups in total. The Morgan fingerprint density at radius 3 is 2.64 bits per heavy atom. The quantitative estimate of drug-likeness (QED) is 0.285. The van der Waals surface area contributed by atoms with Crippen molar-refractivity contribution in [1.29, 1.82) is 0 Å². The fourth-order valence-corrected chi connectivity index (χ4v) is 3.94. The molecule has 0 spiro atoms. The molecule has 0 atom stereocenters. The number of anilines is 1. The number of carbonyl (C=O) groups is 1. The third-order valence-corrected chi connectivity index (χ3v) is 5.78. The maximum absolute atomic E-state index is 12.7. The lowest BCUT2D eigenvalue weighted by Crippen LogP contribution is -2.34. The minimum Gasteiger partial charge on any atom is -0.436 e. The molecule has 1 heterocycles. The van der Waals surface area contributed by atoms with E-state index in [4.69, 9.17) is 28.2 Å². The van der Waals surface area contributed by atoms with Crippen LogP contribution in [0.3, 0.4) is 0 Å². The van der Waals surface area contributed by atoms with Crippen LogP contribution in [0.1, 0.15) is 15.9 Å². The summed E-state index contributed by atoms with van der Waals surface area (Å²) < 4.78 is 5.88. The summed E-state index contributed by atoms with van der Waals surface area (Å²) in [5.41, 5.74) is 4.38. The van der Waals surface area contributed by atoms with Crippen LogP contribution in [0.5, 0.6) is 0 Å². The molecule has 0 aliphatic carbocycles. The van der Waals surface area contributed by atoms with Gasteiger partial charge in [-0.2, -0.15) is 0 Å². The summed E-state index contributed by atoms with van der Waals surface area (Å²) in [5.74, 6) is 0.168. The molecule has 0 radical (unpaired) electrons. The highest BCUT2D eigenvalue weighted by molar-refractivity contribution is 7.80. The molecule has 1 amide bonds. The van der Waals surface area contributed by atoms with Crippen molar-refractivity contribution in [3.8, 4) is 11.5 Å². The van der Waals surface area contributed by atoms with Crippen LogP contribution < -0.4 is 10.6 Å². The number of carbonyl (C=O) groups excluding carboxylic acids is 1. The molecular weight excluding hydrogens is 454 g/mol. The van der Waals surface area contributed by atoms with E-state index in [1.807, 2.05) is 67.6 Å². The normalized spacial score (nSPS) is 11.0. The number of benzene rings is 4. The maximum atomic E-state index is 12.7. The van der Waals surface area contributed by atoms with Gasteiger partial charge in [-0.15, -0.1) is 0 Å². The molecule has 7 heteroatoms. The van der Waals surface area contributed by atoms with E-state index in [0.29, 0.717) is 27.7 Å². The van der Waals surface area contributed by atoms with E-state index < -0.39 is 0 Å². The summed E-state index contributed by atoms with van der Waals surface area (Å²) in [7, 11) is 0. The van der Waals surface area contributed by atoms with Crippen LogP contribution in [0.2, 0.25) is 5.02 Å². The molecule has 1 aromatic heterocycles. The van der Waals surface area contributed by atoms with E-state index in [-0.39, 0.29) is 11.0 Å². The number of nitrogens with one attached hydrogen (secondary N) is 2. The smallest absolute Gasteiger partial charge is 0.257 e. The Labute approximate surface area is 200 Å². The zero-order chi connectivity index (χ0) is 22.9. The molecule has 5 rings (SSSR count). The first-order valence-electron chi connectivity index (χ1n) is 10.2. The van der Waals surface area contributed by atoms with E-state index in [2.05, 4.69) is 15.6 Å². The summed E-state index contributed by atoms with van der Waals surface area (Å²) in [6, 6.07) is 24.5. The zero-order valence-electron chi connectivity index (χ0n) is 17.6. The number of hydrogen-bond donors (Lipinski definition) is 2. The average Bonchev–Trinajstić information content (AvgIpc) is 3.23. The second-order valence-corrected chi connectivity index (χ2v) is 8.47. The Morgan fingerprint density at radius 1 is 0.970 bits per heavy atom. The first-order valence-corrected chi connectivity index (χ1v) is 11.0. The molecule has 0 fully saturated rings. The average molecular weight is 472 g/mol. The summed E-state index contributed by atoms with van der Waals surface area (Å²) >= 11 is 11.7. The van der Waals surface area contributed by atoms with Crippen molar-refractivity contribution in [3.05, 3.63) is 95.0 Å². The summed E-state index contributed by atoms with van der Waals surface area (Å²) in [6.45, 7) is 2.01. The van der Waals surface area contributed by atoms with Crippen LogP contribution in [0, 0.1) is 6.92 Å². The summed E-state index contributed by atoms with van der Waals surface area (Å²) in [4.78, 5) is 17.3. The van der Waals surface area contributed by atoms with Crippen LogP contribution in [-0.2, 0) is 0 Å². The zero-order valence-corrected chi connectivity index (χ0v) is 19.1. The number of amides is 1. The van der Waals surface area contributed by atoms with Crippen LogP contribution in [-0.4, -0.2) is 16.0 Å². The first-order chi connectivity index (χ1) is 16.0. The van der Waals surface area contributed by atoms with Gasteiger partial charge in [-0.05, 0) is 77.9 Å². The van der Waals surface area contributed by atoms with Crippen molar-refractivity contribution >= 4 is 62.4 Å². The minimum atomic E-state index is -0.306. The van der Waals surface area contributed by atoms with Crippen molar-refractivity contribution in [3.63, 3.8) is 0 Å². The molecule has 0 saturated carbocycles. The molecule has 33 heavy (non-hydrogen) atoms. The number of oxazole rings is 1. The van der Waals surface area contributed by atoms with E-state index >= 15 is 0 Å². The van der Waals surface area contributed by atoms with Gasteiger partial charge in [0.25, 0.3) is 5.91 Å². The van der Waals surface area contributed by atoms with E-state index in [1.54, 1.807) is 18.2 Å². The standard InChI is InChI=1S/C26H18ClN3O2S/c1-15-6-11-23-22(12-15)28-25(32-23)19-9-10-20(27)21(14-19)29-26(33)30-24(31)18-8-7-16-4-2-3-5-17(16)13-18/h2-14H,1H3,(H2,29,30,31,33). The second kappa shape index (κ2) is 8.65. The number of rotatable bonds is 3. The second-order valence-electron chi connectivity index (χ2n) is 7.66. The monoisotopic (exact) mass is 471 g/mol. The number of nitrogens with zero attached hydrogens (tertiary/aromatic N) is 1. The Hall–Kier alpha value is -3.74. The van der Waals surface area contributed by atoms with Crippen LogP contribution >= 0.6 is 23.8 Å². The number of halogens is 1. The third-order valence-electron chi connectivity index (χ3n) is 5.24. The number of fused-ring (bicyclic) bond motifs is 2. The van der Waals surface area contributed by atoms with Gasteiger partial charge in [-0.3, -0.25) is 10.1 Å². The molecular formula is C26H18ClN3O2S. The molecule has 0 unspecified atom stereocenters. The predicted molar refractivity (Wildman–Crippen MR) is 137 cm³/mol. The van der Waals surface area contributed by atoms with Crippen molar-refractivity contribution < 1.29 is 9.21 Å². The van der Waals surface area contributed by atoms with Crippen LogP contribution in [0.25, 0.3) is 33.3 Å². The Balaban J connectivity index is 1.34. The lowest BCUT2D eigenvalue weighted by atomic mass is 10.1. The molecule has 5 aromatic rings. The highest BCUT2D eigenvalue weighted by Gasteiger charge is 2.13. The maximum Gasteiger partial charge on any atom is 0.257 e. The van der Waals surface area contributed by atoms with E-state index in [9.17, 15) is 4.79 Å². The molecule has 0 saturated heterocycles. The lowest BCUT2D eigenvalue weighted by Gasteiger charge is -2.12. The van der Waals surface area contributed by atoms with Crippen molar-refractivity contribution in [2.75, 3.05) is 5.32 Å². The lowest BCUT2D eigenvalue weighted by molar-refractivity contribution is 0.0978. The third kappa shape index (κ3) is 4.44. The Kier molecular flexibility index (Phi) is 5.54. The Morgan fingerprint density at radius 2 is 1.79 bits per heavy atom. The molecule has 4 aromatic carbocycles. The van der Waals surface area contributed by atoms with E-state index in [0.717, 1.165) is 27.4 Å². The predicted octanol–water partition coefficient (Wildman–Crippen LogP) is 6.74. The molecule has 0 bridgehead atoms. The fourth-order valence-electron chi connectivity index (χ4n) is 3.57. The van der Waals surface area contributed by atoms with Gasteiger partial charge in [0.2, 0.25) is 5.89 Å². The van der Waals surface area contributed by atoms with E-state index in [1.165, 1.54) is 0 Å². The molecule has 162 valence electrons. The Bertz CT molecular complexity index is 1540. The van der Waals surface area contributed by atoms with Gasteiger partial charge in [0, 0.05) is 11.1 Å². The summed E-state index contributed by atoms with van der Waals surface area (Å²) in [6.07, 6.45) is 0. The first kappa shape index (κ1) is 21.1. The van der Waals surface area contributed by atoms with Crippen LogP contribution in [0.4, 0.5) is 5.69 Å². The highest BCUT2D eigenvalue weighted by atomic mass is 35.5. The number of aryl methyl sites for hydroxylation is 1. The van der Waals surface area contributed by atoms with Crippen LogP contribution in [0.15, 0.2) is 83.3 Å². The van der Waals surface area contributed by atoms with Gasteiger partial charge in [-0.1, -0.05) is 48.0 Å². The van der Waals surface area contributed by atoms with Crippen molar-refractivity contribution in [2.45, 2.75) is 6.92 Å². The minimum absolute atomic E-state index is 0.139. The largest absolute Gasteiger partial charge is 0.436 e. The van der Waals surface area contributed by atoms with Gasteiger partial charge in [0.1, 0.15) is 5.52 Å². The number of thiocarbonyl (C=S) groups is 1. The SMILES string of the molecule is Cc1ccc2oc(-c3ccc(Cl)c(NC(=S)NC(=O)c4ccc5ccccc5c4)c3)nc2c1. The van der Waals surface area contributed by atoms with Crippen molar-refractivity contribution in [2.24, 2.45) is 0 Å². The van der Waals surface area contributed by atoms with Gasteiger partial charge in [-0.25, -0.2) is 4.98 Å². The molecule has 0 aliphatic rings. The van der Waals surface area contributed by atoms with Gasteiger partial charge >= 0.3 is 0 Å². The van der Waals surface area contributed by atoms with Gasteiger partial charge < -0.3 is 9.73 Å². The fraction of sp³-hybridized carbons (Fsp3) is 0.0385. The molecule has 5 nitrogen and oxygen atoms in total. The van der Waals surface area contributed by atoms with Gasteiger partial charge in [0.15, 0.2) is 10.7 Å². The van der Waals surface area contributed by atoms with Crippen molar-refractivity contribution in [1.82, 2.24) is 10.3 Å². The summed E-state index contributed by atoms with van der Waals surface area (Å²) in [5, 5.41) is 8.34. The number of aromatic nitrogens is 1. The number of hydrogen-bond acceptors (Lipinski definition) is 4. The highest BCUT2D eigenvalue weighted by Crippen LogP contribution is 2.30. The molecule has 0 aliphatic heterocycles. The topological polar surface area (TPSA) is 67.2 Å².